The Bertz CT molecular complexity index is 769. The second-order valence-electron chi connectivity index (χ2n) is 17.9. The lowest BCUT2D eigenvalue weighted by molar-refractivity contribution is -0.123. The maximum Gasteiger partial charge on any atom is 0.220 e. The molecule has 0 saturated carbocycles. The fraction of sp³-hybridized carbons (Fsp3) is 0.942. The van der Waals surface area contributed by atoms with Gasteiger partial charge in [-0.2, -0.15) is 0 Å². The highest BCUT2D eigenvalue weighted by molar-refractivity contribution is 5.76. The number of nitrogens with one attached hydrogen (secondary N) is 1. The zero-order valence-corrected chi connectivity index (χ0v) is 38.4. The zero-order valence-electron chi connectivity index (χ0n) is 38.4. The molecule has 0 aromatic carbocycles. The molecule has 0 saturated heterocycles. The largest absolute Gasteiger partial charge is 0.394 e. The lowest BCUT2D eigenvalue weighted by atomic mass is 10.0. The molecule has 56 heavy (non-hydrogen) atoms. The summed E-state index contributed by atoms with van der Waals surface area (Å²) in [6, 6.07) is -0.535. The number of hydrogen-bond donors (Lipinski definition) is 3. The fourth-order valence-corrected chi connectivity index (χ4v) is 8.30. The zero-order chi connectivity index (χ0) is 40.7. The van der Waals surface area contributed by atoms with E-state index in [0.717, 1.165) is 25.7 Å². The summed E-state index contributed by atoms with van der Waals surface area (Å²) in [6.45, 7) is 4.38. The Morgan fingerprint density at radius 3 is 0.982 bits per heavy atom. The first-order chi connectivity index (χ1) is 27.7. The molecule has 0 radical (unpaired) electrons. The van der Waals surface area contributed by atoms with E-state index < -0.39 is 12.1 Å². The molecule has 0 aliphatic heterocycles. The van der Waals surface area contributed by atoms with Crippen LogP contribution >= 0.6 is 0 Å². The minimum Gasteiger partial charge on any atom is -0.394 e. The summed E-state index contributed by atoms with van der Waals surface area (Å²) in [5.74, 6) is -0.0288. The first kappa shape index (κ1) is 55.1. The maximum atomic E-state index is 12.4. The van der Waals surface area contributed by atoms with Gasteiger partial charge in [-0.25, -0.2) is 0 Å². The van der Waals surface area contributed by atoms with Gasteiger partial charge in [0.2, 0.25) is 5.91 Å². The molecule has 4 nitrogen and oxygen atoms in total. The third-order valence-corrected chi connectivity index (χ3v) is 12.3. The third kappa shape index (κ3) is 44.2. The monoisotopic (exact) mass is 790 g/mol. The third-order valence-electron chi connectivity index (χ3n) is 12.3. The number of hydrogen-bond acceptors (Lipinski definition) is 3. The van der Waals surface area contributed by atoms with Crippen molar-refractivity contribution in [3.05, 3.63) is 12.2 Å². The molecular weight excluding hydrogens is 687 g/mol. The molecule has 0 aromatic rings. The van der Waals surface area contributed by atoms with Crippen LogP contribution in [0.2, 0.25) is 0 Å². The van der Waals surface area contributed by atoms with Crippen molar-refractivity contribution in [2.24, 2.45) is 0 Å². The molecular formula is C52H103NO3. The van der Waals surface area contributed by atoms with Crippen molar-refractivity contribution in [1.29, 1.82) is 0 Å². The number of allylic oxidation sites excluding steroid dienone is 2. The summed E-state index contributed by atoms with van der Waals surface area (Å²) < 4.78 is 0. The summed E-state index contributed by atoms with van der Waals surface area (Å²) in [5, 5.41) is 23.3. The fourth-order valence-electron chi connectivity index (χ4n) is 8.30. The predicted octanol–water partition coefficient (Wildman–Crippen LogP) is 16.6. The normalized spacial score (nSPS) is 12.9. The van der Waals surface area contributed by atoms with Crippen LogP contribution in [0.15, 0.2) is 12.2 Å². The highest BCUT2D eigenvalue weighted by Crippen LogP contribution is 2.17. The summed E-state index contributed by atoms with van der Waals surface area (Å²) in [5.41, 5.74) is 0. The van der Waals surface area contributed by atoms with Crippen molar-refractivity contribution in [3.63, 3.8) is 0 Å². The van der Waals surface area contributed by atoms with E-state index in [4.69, 9.17) is 0 Å². The van der Waals surface area contributed by atoms with Gasteiger partial charge >= 0.3 is 0 Å². The molecule has 0 aliphatic rings. The van der Waals surface area contributed by atoms with Crippen LogP contribution in [0.25, 0.3) is 0 Å². The molecule has 2 atom stereocenters. The molecule has 2 unspecified atom stereocenters. The molecule has 0 aliphatic carbocycles. The maximum absolute atomic E-state index is 12.4. The molecule has 0 bridgehead atoms. The van der Waals surface area contributed by atoms with Gasteiger partial charge in [-0.1, -0.05) is 264 Å². The molecule has 3 N–H and O–H groups in total. The lowest BCUT2D eigenvalue weighted by Crippen LogP contribution is -2.45. The minimum absolute atomic E-state index is 0.0288. The van der Waals surface area contributed by atoms with Crippen molar-refractivity contribution >= 4 is 5.91 Å². The number of unbranched alkanes of at least 4 members (excludes halogenated alkanes) is 39. The summed E-state index contributed by atoms with van der Waals surface area (Å²) in [6.07, 6.45) is 61.8. The van der Waals surface area contributed by atoms with E-state index in [9.17, 15) is 15.0 Å². The van der Waals surface area contributed by atoms with Crippen LogP contribution in [-0.2, 0) is 4.79 Å². The van der Waals surface area contributed by atoms with E-state index in [0.29, 0.717) is 12.8 Å². The van der Waals surface area contributed by atoms with E-state index >= 15 is 0 Å². The highest BCUT2D eigenvalue weighted by atomic mass is 16.3. The molecule has 1 amide bonds. The SMILES string of the molecule is CCCCCCCC/C=C\CCCCCCCCCCCC(=O)NC(CO)C(O)CCCCCCCCCCCCCCCCCCCCCCCCCCC. The summed E-state index contributed by atoms with van der Waals surface area (Å²) >= 11 is 0. The molecule has 0 fully saturated rings. The Morgan fingerprint density at radius 2 is 0.679 bits per heavy atom. The number of carbonyl (C=O) groups is 1. The van der Waals surface area contributed by atoms with Crippen LogP contribution < -0.4 is 5.32 Å². The average molecular weight is 790 g/mol. The van der Waals surface area contributed by atoms with Crippen molar-refractivity contribution in [1.82, 2.24) is 5.32 Å². The molecule has 4 heteroatoms. The van der Waals surface area contributed by atoms with E-state index in [1.807, 2.05) is 0 Å². The van der Waals surface area contributed by atoms with Gasteiger partial charge in [-0.15, -0.1) is 0 Å². The summed E-state index contributed by atoms with van der Waals surface area (Å²) in [4.78, 5) is 12.4. The lowest BCUT2D eigenvalue weighted by Gasteiger charge is -2.22. The van der Waals surface area contributed by atoms with Crippen molar-refractivity contribution in [3.8, 4) is 0 Å². The average Bonchev–Trinajstić information content (AvgIpc) is 3.20. The smallest absolute Gasteiger partial charge is 0.220 e. The van der Waals surface area contributed by atoms with Crippen molar-refractivity contribution in [2.45, 2.75) is 309 Å². The number of aliphatic hydroxyl groups excluding tert-OH is 2. The Kier molecular flexibility index (Phi) is 47.7. The van der Waals surface area contributed by atoms with E-state index in [2.05, 4.69) is 31.3 Å². The second kappa shape index (κ2) is 48.5. The van der Waals surface area contributed by atoms with Crippen LogP contribution in [0.1, 0.15) is 296 Å². The first-order valence-electron chi connectivity index (χ1n) is 25.9. The van der Waals surface area contributed by atoms with E-state index in [1.165, 1.54) is 244 Å². The molecule has 334 valence electrons. The van der Waals surface area contributed by atoms with Gasteiger partial charge in [0.15, 0.2) is 0 Å². The van der Waals surface area contributed by atoms with Crippen molar-refractivity contribution < 1.29 is 15.0 Å². The van der Waals surface area contributed by atoms with Gasteiger partial charge in [0, 0.05) is 6.42 Å². The number of aliphatic hydroxyl groups is 2. The Morgan fingerprint density at radius 1 is 0.411 bits per heavy atom. The number of amides is 1. The number of carbonyl (C=O) groups excluding carboxylic acids is 1. The molecule has 0 rings (SSSR count). The van der Waals surface area contributed by atoms with E-state index in [-0.39, 0.29) is 12.5 Å². The van der Waals surface area contributed by atoms with Gasteiger partial charge in [-0.05, 0) is 38.5 Å². The first-order valence-corrected chi connectivity index (χ1v) is 25.9. The van der Waals surface area contributed by atoms with Gasteiger partial charge in [0.1, 0.15) is 0 Å². The Hall–Kier alpha value is -0.870. The Labute approximate surface area is 352 Å². The van der Waals surface area contributed by atoms with Gasteiger partial charge in [0.05, 0.1) is 18.8 Å². The highest BCUT2D eigenvalue weighted by Gasteiger charge is 2.20. The van der Waals surface area contributed by atoms with Gasteiger partial charge in [-0.3, -0.25) is 4.79 Å². The number of rotatable bonds is 48. The molecule has 0 aromatic heterocycles. The van der Waals surface area contributed by atoms with Crippen LogP contribution in [0.5, 0.6) is 0 Å². The van der Waals surface area contributed by atoms with Crippen LogP contribution in [0.4, 0.5) is 0 Å². The predicted molar refractivity (Wildman–Crippen MR) is 249 cm³/mol. The van der Waals surface area contributed by atoms with Crippen LogP contribution in [0.3, 0.4) is 0 Å². The Balaban J connectivity index is 3.44. The molecule has 0 heterocycles. The van der Waals surface area contributed by atoms with Crippen molar-refractivity contribution in [2.75, 3.05) is 6.61 Å². The van der Waals surface area contributed by atoms with Gasteiger partial charge in [0.25, 0.3) is 0 Å². The summed E-state index contributed by atoms with van der Waals surface area (Å²) in [7, 11) is 0. The van der Waals surface area contributed by atoms with Crippen LogP contribution in [-0.4, -0.2) is 34.9 Å². The van der Waals surface area contributed by atoms with E-state index in [1.54, 1.807) is 0 Å². The second-order valence-corrected chi connectivity index (χ2v) is 17.9. The standard InChI is InChI=1S/C52H103NO3/c1-3-5-7-9-11-13-15-17-19-21-23-24-25-26-27-28-30-31-33-35-37-39-41-43-45-47-51(55)50(49-54)53-52(56)48-46-44-42-40-38-36-34-32-29-22-20-18-16-14-12-10-8-6-4-2/h18,20,50-51,54-55H,3-17,19,21-49H2,1-2H3,(H,53,56)/b20-18-. The van der Waals surface area contributed by atoms with Crippen LogP contribution in [0, 0.1) is 0 Å². The minimum atomic E-state index is -0.658. The molecule has 0 spiro atoms. The van der Waals surface area contributed by atoms with Gasteiger partial charge < -0.3 is 15.5 Å². The quantitative estimate of drug-likeness (QED) is 0.0425. The topological polar surface area (TPSA) is 69.6 Å².